The van der Waals surface area contributed by atoms with Gasteiger partial charge < -0.3 is 4.98 Å². The smallest absolute Gasteiger partial charge is 0.342 e. The number of aromatic amines is 1. The zero-order valence-electron chi connectivity index (χ0n) is 6.74. The number of H-pyrrole nitrogens is 1. The van der Waals surface area contributed by atoms with Crippen LogP contribution in [0.3, 0.4) is 0 Å². The standard InChI is InChI=1S/C7H10N2O3/c1-2-7(10)12-11-4-6-3-8-5-9-6/h3,5H,2,4H2,1H3,(H,8,9). The van der Waals surface area contributed by atoms with E-state index in [1.807, 2.05) is 0 Å². The van der Waals surface area contributed by atoms with Crippen LogP contribution in [0.25, 0.3) is 0 Å². The van der Waals surface area contributed by atoms with Crippen molar-refractivity contribution in [2.24, 2.45) is 0 Å². The molecular weight excluding hydrogens is 160 g/mol. The van der Waals surface area contributed by atoms with Gasteiger partial charge in [0.05, 0.1) is 18.2 Å². The van der Waals surface area contributed by atoms with Crippen LogP contribution in [0.15, 0.2) is 12.5 Å². The highest BCUT2D eigenvalue weighted by atomic mass is 17.2. The molecule has 0 unspecified atom stereocenters. The Labute approximate surface area is 69.6 Å². The number of carbonyl (C=O) groups is 1. The number of hydrogen-bond acceptors (Lipinski definition) is 4. The zero-order valence-corrected chi connectivity index (χ0v) is 6.74. The van der Waals surface area contributed by atoms with Crippen molar-refractivity contribution in [3.8, 4) is 0 Å². The molecule has 1 N–H and O–H groups in total. The molecule has 0 aliphatic rings. The summed E-state index contributed by atoms with van der Waals surface area (Å²) in [5.41, 5.74) is 0.763. The Kier molecular flexibility index (Phi) is 3.28. The van der Waals surface area contributed by atoms with Crippen LogP contribution in [0.2, 0.25) is 0 Å². The van der Waals surface area contributed by atoms with E-state index in [1.165, 1.54) is 6.33 Å². The van der Waals surface area contributed by atoms with Gasteiger partial charge in [-0.3, -0.25) is 4.89 Å². The van der Waals surface area contributed by atoms with Crippen molar-refractivity contribution in [1.82, 2.24) is 9.97 Å². The van der Waals surface area contributed by atoms with Gasteiger partial charge in [0.1, 0.15) is 6.61 Å². The highest BCUT2D eigenvalue weighted by Crippen LogP contribution is 1.95. The van der Waals surface area contributed by atoms with E-state index in [2.05, 4.69) is 19.7 Å². The summed E-state index contributed by atoms with van der Waals surface area (Å²) in [6.07, 6.45) is 3.43. The average molecular weight is 170 g/mol. The molecule has 0 saturated heterocycles. The van der Waals surface area contributed by atoms with Gasteiger partial charge in [0.2, 0.25) is 0 Å². The summed E-state index contributed by atoms with van der Waals surface area (Å²) in [5.74, 6) is -0.380. The van der Waals surface area contributed by atoms with Crippen molar-refractivity contribution in [2.75, 3.05) is 0 Å². The predicted octanol–water partition coefficient (Wildman–Crippen LogP) is 0.794. The molecule has 0 aliphatic carbocycles. The Morgan fingerprint density at radius 3 is 3.17 bits per heavy atom. The van der Waals surface area contributed by atoms with Gasteiger partial charge in [-0.2, -0.15) is 4.89 Å². The lowest BCUT2D eigenvalue weighted by Crippen LogP contribution is -2.03. The van der Waals surface area contributed by atoms with E-state index in [4.69, 9.17) is 0 Å². The van der Waals surface area contributed by atoms with Crippen LogP contribution >= 0.6 is 0 Å². The fraction of sp³-hybridized carbons (Fsp3) is 0.429. The lowest BCUT2D eigenvalue weighted by atomic mass is 10.5. The summed E-state index contributed by atoms with van der Waals surface area (Å²) in [6, 6.07) is 0. The molecule has 0 atom stereocenters. The molecule has 0 amide bonds. The lowest BCUT2D eigenvalue weighted by Gasteiger charge is -1.99. The maximum atomic E-state index is 10.6. The first-order valence-electron chi connectivity index (χ1n) is 3.62. The van der Waals surface area contributed by atoms with Crippen molar-refractivity contribution in [3.63, 3.8) is 0 Å². The largest absolute Gasteiger partial charge is 0.346 e. The molecular formula is C7H10N2O3. The molecule has 1 aromatic heterocycles. The maximum absolute atomic E-state index is 10.6. The average Bonchev–Trinajstić information content (AvgIpc) is 2.57. The molecule has 0 spiro atoms. The molecule has 1 aromatic rings. The van der Waals surface area contributed by atoms with Gasteiger partial charge in [-0.25, -0.2) is 9.78 Å². The molecule has 0 bridgehead atoms. The molecule has 5 heteroatoms. The number of carbonyl (C=O) groups excluding carboxylic acids is 1. The second kappa shape index (κ2) is 4.50. The van der Waals surface area contributed by atoms with E-state index in [0.29, 0.717) is 6.42 Å². The van der Waals surface area contributed by atoms with Crippen LogP contribution in [-0.2, 0) is 21.2 Å². The third-order valence-electron chi connectivity index (χ3n) is 1.21. The number of hydrogen-bond donors (Lipinski definition) is 1. The number of nitrogens with one attached hydrogen (secondary N) is 1. The predicted molar refractivity (Wildman–Crippen MR) is 39.8 cm³/mol. The third kappa shape index (κ3) is 2.71. The normalized spacial score (nSPS) is 9.75. The summed E-state index contributed by atoms with van der Waals surface area (Å²) in [6.45, 7) is 1.90. The number of aromatic nitrogens is 2. The van der Waals surface area contributed by atoms with E-state index in [9.17, 15) is 4.79 Å². The molecule has 0 radical (unpaired) electrons. The molecule has 0 fully saturated rings. The van der Waals surface area contributed by atoms with Gasteiger partial charge in [0.25, 0.3) is 0 Å². The van der Waals surface area contributed by atoms with Crippen LogP contribution in [0.1, 0.15) is 19.0 Å². The summed E-state index contributed by atoms with van der Waals surface area (Å²) in [4.78, 5) is 26.1. The van der Waals surface area contributed by atoms with E-state index < -0.39 is 0 Å². The number of nitrogens with zero attached hydrogens (tertiary/aromatic N) is 1. The maximum Gasteiger partial charge on any atom is 0.342 e. The Morgan fingerprint density at radius 1 is 1.75 bits per heavy atom. The Bertz CT molecular complexity index is 233. The summed E-state index contributed by atoms with van der Waals surface area (Å²) in [7, 11) is 0. The second-order valence-corrected chi connectivity index (χ2v) is 2.15. The first-order chi connectivity index (χ1) is 5.83. The Hall–Kier alpha value is -1.36. The van der Waals surface area contributed by atoms with Gasteiger partial charge in [0.15, 0.2) is 0 Å². The van der Waals surface area contributed by atoms with E-state index in [0.717, 1.165) is 5.69 Å². The van der Waals surface area contributed by atoms with Gasteiger partial charge in [0, 0.05) is 6.42 Å². The van der Waals surface area contributed by atoms with Crippen LogP contribution in [0, 0.1) is 0 Å². The van der Waals surface area contributed by atoms with E-state index in [-0.39, 0.29) is 12.6 Å². The Morgan fingerprint density at radius 2 is 2.58 bits per heavy atom. The van der Waals surface area contributed by atoms with E-state index >= 15 is 0 Å². The van der Waals surface area contributed by atoms with Crippen molar-refractivity contribution in [2.45, 2.75) is 20.0 Å². The van der Waals surface area contributed by atoms with E-state index in [1.54, 1.807) is 13.1 Å². The van der Waals surface area contributed by atoms with Gasteiger partial charge in [-0.05, 0) is 0 Å². The van der Waals surface area contributed by atoms with Gasteiger partial charge in [-0.1, -0.05) is 6.92 Å². The first-order valence-corrected chi connectivity index (χ1v) is 3.62. The highest BCUT2D eigenvalue weighted by Gasteiger charge is 1.99. The minimum Gasteiger partial charge on any atom is -0.346 e. The molecule has 0 aromatic carbocycles. The van der Waals surface area contributed by atoms with Crippen LogP contribution < -0.4 is 0 Å². The molecule has 12 heavy (non-hydrogen) atoms. The summed E-state index contributed by atoms with van der Waals surface area (Å²) >= 11 is 0. The molecule has 0 aliphatic heterocycles. The molecule has 1 rings (SSSR count). The van der Waals surface area contributed by atoms with Gasteiger partial charge >= 0.3 is 5.97 Å². The molecule has 0 saturated carbocycles. The van der Waals surface area contributed by atoms with Crippen LogP contribution in [0.4, 0.5) is 0 Å². The fourth-order valence-corrected chi connectivity index (χ4v) is 0.581. The highest BCUT2D eigenvalue weighted by molar-refractivity contribution is 5.68. The van der Waals surface area contributed by atoms with Crippen molar-refractivity contribution in [3.05, 3.63) is 18.2 Å². The monoisotopic (exact) mass is 170 g/mol. The lowest BCUT2D eigenvalue weighted by molar-refractivity contribution is -0.280. The van der Waals surface area contributed by atoms with Crippen LogP contribution in [0.5, 0.6) is 0 Å². The van der Waals surface area contributed by atoms with Crippen molar-refractivity contribution in [1.29, 1.82) is 0 Å². The fourth-order valence-electron chi connectivity index (χ4n) is 0.581. The Balaban J connectivity index is 2.15. The zero-order chi connectivity index (χ0) is 8.81. The topological polar surface area (TPSA) is 64.2 Å². The molecule has 5 nitrogen and oxygen atoms in total. The minimum atomic E-state index is -0.380. The summed E-state index contributed by atoms with van der Waals surface area (Å²) < 4.78 is 0. The SMILES string of the molecule is CCC(=O)OOCc1cnc[nH]1. The van der Waals surface area contributed by atoms with Gasteiger partial charge in [-0.15, -0.1) is 0 Å². The quantitative estimate of drug-likeness (QED) is 0.536. The molecule has 66 valence electrons. The van der Waals surface area contributed by atoms with Crippen molar-refractivity contribution < 1.29 is 14.6 Å². The number of imidazole rings is 1. The van der Waals surface area contributed by atoms with Crippen LogP contribution in [-0.4, -0.2) is 15.9 Å². The second-order valence-electron chi connectivity index (χ2n) is 2.15. The third-order valence-corrected chi connectivity index (χ3v) is 1.21. The molecule has 1 heterocycles. The minimum absolute atomic E-state index is 0.200. The summed E-state index contributed by atoms with van der Waals surface area (Å²) in [5, 5.41) is 0. The first kappa shape index (κ1) is 8.73. The van der Waals surface area contributed by atoms with Crippen molar-refractivity contribution >= 4 is 5.97 Å². The number of rotatable bonds is 4.